The van der Waals surface area contributed by atoms with Crippen molar-refractivity contribution in [2.45, 2.75) is 12.8 Å². The number of hydrogen-bond acceptors (Lipinski definition) is 3. The van der Waals surface area contributed by atoms with Crippen molar-refractivity contribution in [3.8, 4) is 0 Å². The van der Waals surface area contributed by atoms with E-state index in [-0.39, 0.29) is 12.3 Å². The zero-order valence-corrected chi connectivity index (χ0v) is 16.3. The van der Waals surface area contributed by atoms with Crippen molar-refractivity contribution in [1.29, 1.82) is 0 Å². The third kappa shape index (κ3) is 4.53. The van der Waals surface area contributed by atoms with Gasteiger partial charge in [0, 0.05) is 22.2 Å². The summed E-state index contributed by atoms with van der Waals surface area (Å²) < 4.78 is 5.80. The number of fused-ring (bicyclic) bond motifs is 1. The van der Waals surface area contributed by atoms with Crippen molar-refractivity contribution in [1.82, 2.24) is 4.98 Å². The van der Waals surface area contributed by atoms with Gasteiger partial charge in [-0.1, -0.05) is 47.5 Å². The molecule has 0 unspecified atom stereocenters. The first-order valence-corrected chi connectivity index (χ1v) is 9.49. The van der Waals surface area contributed by atoms with Gasteiger partial charge >= 0.3 is 0 Å². The second kappa shape index (κ2) is 8.05. The van der Waals surface area contributed by atoms with Crippen molar-refractivity contribution in [2.75, 3.05) is 5.32 Å². The number of halogens is 2. The molecule has 4 aromatic rings. The summed E-state index contributed by atoms with van der Waals surface area (Å²) >= 11 is 11.8. The van der Waals surface area contributed by atoms with Gasteiger partial charge in [-0.3, -0.25) is 4.79 Å². The largest absolute Gasteiger partial charge is 0.440 e. The lowest BCUT2D eigenvalue weighted by Gasteiger charge is -2.05. The molecule has 0 atom stereocenters. The maximum absolute atomic E-state index is 12.3. The molecule has 0 spiro atoms. The van der Waals surface area contributed by atoms with Gasteiger partial charge in [-0.2, -0.15) is 0 Å². The van der Waals surface area contributed by atoms with E-state index in [4.69, 9.17) is 27.6 Å². The molecule has 4 rings (SSSR count). The number of hydrogen-bond donors (Lipinski definition) is 1. The van der Waals surface area contributed by atoms with Crippen LogP contribution in [0, 0.1) is 0 Å². The van der Waals surface area contributed by atoms with Crippen molar-refractivity contribution in [2.24, 2.45) is 0 Å². The smallest absolute Gasteiger partial charge is 0.228 e. The van der Waals surface area contributed by atoms with E-state index in [1.54, 1.807) is 18.2 Å². The fourth-order valence-corrected chi connectivity index (χ4v) is 3.15. The van der Waals surface area contributed by atoms with Crippen LogP contribution in [0.25, 0.3) is 11.1 Å². The first-order valence-electron chi connectivity index (χ1n) is 8.73. The van der Waals surface area contributed by atoms with Crippen LogP contribution in [0.5, 0.6) is 0 Å². The van der Waals surface area contributed by atoms with Crippen LogP contribution in [0.15, 0.2) is 71.1 Å². The minimum absolute atomic E-state index is 0.105. The third-order valence-corrected chi connectivity index (χ3v) is 4.77. The molecule has 3 aromatic carbocycles. The van der Waals surface area contributed by atoms with Crippen LogP contribution in [0.2, 0.25) is 10.0 Å². The molecule has 0 aliphatic rings. The van der Waals surface area contributed by atoms with Crippen LogP contribution < -0.4 is 5.32 Å². The lowest BCUT2D eigenvalue weighted by Crippen LogP contribution is -2.14. The van der Waals surface area contributed by atoms with Gasteiger partial charge in [0.15, 0.2) is 11.5 Å². The van der Waals surface area contributed by atoms with E-state index in [1.165, 1.54) is 0 Å². The first-order chi connectivity index (χ1) is 13.5. The highest BCUT2D eigenvalue weighted by Crippen LogP contribution is 2.22. The standard InChI is InChI=1S/C22H16Cl2N2O2/c23-16-5-1-14(2-6-16)11-21(27)25-18-9-10-20-19(13-18)26-22(28-20)12-15-3-7-17(24)8-4-15/h1-10,13H,11-12H2,(H,25,27). The minimum atomic E-state index is -0.105. The molecule has 6 heteroatoms. The topological polar surface area (TPSA) is 55.1 Å². The summed E-state index contributed by atoms with van der Waals surface area (Å²) in [5, 5.41) is 4.24. The Morgan fingerprint density at radius 2 is 1.54 bits per heavy atom. The molecule has 4 nitrogen and oxygen atoms in total. The summed E-state index contributed by atoms with van der Waals surface area (Å²) in [6.07, 6.45) is 0.847. The minimum Gasteiger partial charge on any atom is -0.440 e. The van der Waals surface area contributed by atoms with E-state index in [0.29, 0.717) is 39.1 Å². The quantitative estimate of drug-likeness (QED) is 0.445. The summed E-state index contributed by atoms with van der Waals surface area (Å²) in [6.45, 7) is 0. The average molecular weight is 411 g/mol. The van der Waals surface area contributed by atoms with Crippen LogP contribution in [0.1, 0.15) is 17.0 Å². The number of benzene rings is 3. The SMILES string of the molecule is O=C(Cc1ccc(Cl)cc1)Nc1ccc2oc(Cc3ccc(Cl)cc3)nc2c1. The number of carbonyl (C=O) groups is 1. The summed E-state index contributed by atoms with van der Waals surface area (Å²) in [5.74, 6) is 0.508. The molecule has 0 radical (unpaired) electrons. The van der Waals surface area contributed by atoms with Crippen molar-refractivity contribution >= 4 is 45.9 Å². The summed E-state index contributed by atoms with van der Waals surface area (Å²) in [5.41, 5.74) is 4.02. The predicted octanol–water partition coefficient (Wildman–Crippen LogP) is 5.91. The van der Waals surface area contributed by atoms with E-state index in [2.05, 4.69) is 10.3 Å². The number of rotatable bonds is 5. The second-order valence-electron chi connectivity index (χ2n) is 6.44. The van der Waals surface area contributed by atoms with E-state index in [0.717, 1.165) is 11.1 Å². The Morgan fingerprint density at radius 1 is 0.893 bits per heavy atom. The molecule has 0 saturated carbocycles. The van der Waals surface area contributed by atoms with E-state index in [9.17, 15) is 4.79 Å². The highest BCUT2D eigenvalue weighted by atomic mass is 35.5. The Hall–Kier alpha value is -2.82. The van der Waals surface area contributed by atoms with Gasteiger partial charge in [-0.15, -0.1) is 0 Å². The van der Waals surface area contributed by atoms with E-state index in [1.807, 2.05) is 48.5 Å². The summed E-state index contributed by atoms with van der Waals surface area (Å²) in [7, 11) is 0. The molecule has 140 valence electrons. The Labute approximate surface area is 172 Å². The normalized spacial score (nSPS) is 10.9. The molecule has 1 heterocycles. The molecule has 0 aliphatic heterocycles. The monoisotopic (exact) mass is 410 g/mol. The van der Waals surface area contributed by atoms with Gasteiger partial charge in [0.25, 0.3) is 0 Å². The number of anilines is 1. The highest BCUT2D eigenvalue weighted by Gasteiger charge is 2.10. The third-order valence-electron chi connectivity index (χ3n) is 4.26. The van der Waals surface area contributed by atoms with Gasteiger partial charge < -0.3 is 9.73 Å². The molecule has 1 N–H and O–H groups in total. The van der Waals surface area contributed by atoms with Crippen LogP contribution in [-0.2, 0) is 17.6 Å². The molecule has 0 aliphatic carbocycles. The molecule has 0 bridgehead atoms. The summed E-state index contributed by atoms with van der Waals surface area (Å²) in [4.78, 5) is 16.8. The molecule has 1 aromatic heterocycles. The van der Waals surface area contributed by atoms with Crippen LogP contribution in [-0.4, -0.2) is 10.9 Å². The Morgan fingerprint density at radius 3 is 2.21 bits per heavy atom. The molecule has 28 heavy (non-hydrogen) atoms. The Balaban J connectivity index is 1.45. The van der Waals surface area contributed by atoms with Gasteiger partial charge in [0.05, 0.1) is 6.42 Å². The van der Waals surface area contributed by atoms with E-state index < -0.39 is 0 Å². The van der Waals surface area contributed by atoms with Crippen molar-refractivity contribution in [3.63, 3.8) is 0 Å². The average Bonchev–Trinajstić information content (AvgIpc) is 3.07. The zero-order chi connectivity index (χ0) is 19.5. The van der Waals surface area contributed by atoms with Crippen LogP contribution >= 0.6 is 23.2 Å². The number of carbonyl (C=O) groups excluding carboxylic acids is 1. The number of oxazole rings is 1. The Bertz CT molecular complexity index is 1120. The summed E-state index contributed by atoms with van der Waals surface area (Å²) in [6, 6.07) is 20.2. The fraction of sp³-hybridized carbons (Fsp3) is 0.0909. The lowest BCUT2D eigenvalue weighted by atomic mass is 10.1. The highest BCUT2D eigenvalue weighted by molar-refractivity contribution is 6.30. The van der Waals surface area contributed by atoms with Crippen LogP contribution in [0.3, 0.4) is 0 Å². The van der Waals surface area contributed by atoms with Gasteiger partial charge in [-0.25, -0.2) is 4.98 Å². The maximum atomic E-state index is 12.3. The molecule has 0 fully saturated rings. The number of amides is 1. The number of aromatic nitrogens is 1. The molecule has 1 amide bonds. The maximum Gasteiger partial charge on any atom is 0.228 e. The van der Waals surface area contributed by atoms with E-state index >= 15 is 0 Å². The Kier molecular flexibility index (Phi) is 5.33. The number of nitrogens with zero attached hydrogens (tertiary/aromatic N) is 1. The molecular weight excluding hydrogens is 395 g/mol. The van der Waals surface area contributed by atoms with Gasteiger partial charge in [-0.05, 0) is 53.6 Å². The first kappa shape index (κ1) is 18.5. The fourth-order valence-electron chi connectivity index (χ4n) is 2.90. The molecule has 0 saturated heterocycles. The second-order valence-corrected chi connectivity index (χ2v) is 7.32. The van der Waals surface area contributed by atoms with Gasteiger partial charge in [0.2, 0.25) is 5.91 Å². The predicted molar refractivity (Wildman–Crippen MR) is 112 cm³/mol. The van der Waals surface area contributed by atoms with Crippen molar-refractivity contribution in [3.05, 3.63) is 93.8 Å². The van der Waals surface area contributed by atoms with Crippen molar-refractivity contribution < 1.29 is 9.21 Å². The number of nitrogens with one attached hydrogen (secondary N) is 1. The van der Waals surface area contributed by atoms with Crippen LogP contribution in [0.4, 0.5) is 5.69 Å². The molecular formula is C22H16Cl2N2O2. The van der Waals surface area contributed by atoms with Gasteiger partial charge in [0.1, 0.15) is 5.52 Å². The zero-order valence-electron chi connectivity index (χ0n) is 14.8. The lowest BCUT2D eigenvalue weighted by molar-refractivity contribution is -0.115.